The number of aliphatic hydroxyl groups excluding tert-OH is 1. The highest BCUT2D eigenvalue weighted by Gasteiger charge is 2.67. The SMILES string of the molecule is COC(=O)[C@H]1O[C@@H]2C[C@H]3O[C@@H](n4cnc5c(N)ncnc54)[C@H](OC)[C@H]3O[C@@]2(O)[C@@H](OC(=O)C(C)C)[C@@H]1O. The van der Waals surface area contributed by atoms with Crippen molar-refractivity contribution in [1.82, 2.24) is 19.5 Å². The third kappa shape index (κ3) is 4.02. The average Bonchev–Trinajstić information content (AvgIpc) is 3.45. The molecule has 37 heavy (non-hydrogen) atoms. The Morgan fingerprint density at radius 3 is 2.68 bits per heavy atom. The topological polar surface area (TPSA) is 200 Å². The summed E-state index contributed by atoms with van der Waals surface area (Å²) in [5.74, 6) is -4.33. The summed E-state index contributed by atoms with van der Waals surface area (Å²) >= 11 is 0. The molecule has 202 valence electrons. The third-order valence-electron chi connectivity index (χ3n) is 6.94. The van der Waals surface area contributed by atoms with Crippen molar-refractivity contribution in [2.24, 2.45) is 5.92 Å². The zero-order valence-electron chi connectivity index (χ0n) is 20.6. The van der Waals surface area contributed by atoms with Crippen LogP contribution in [0, 0.1) is 5.92 Å². The van der Waals surface area contributed by atoms with Gasteiger partial charge in [0.25, 0.3) is 0 Å². The van der Waals surface area contributed by atoms with Crippen LogP contribution in [0.3, 0.4) is 0 Å². The monoisotopic (exact) mass is 523 g/mol. The molecule has 0 amide bonds. The molecule has 0 bridgehead atoms. The van der Waals surface area contributed by atoms with Gasteiger partial charge >= 0.3 is 11.9 Å². The van der Waals surface area contributed by atoms with Crippen molar-refractivity contribution in [3.8, 4) is 0 Å². The van der Waals surface area contributed by atoms with Crippen molar-refractivity contribution in [3.63, 3.8) is 0 Å². The second kappa shape index (κ2) is 9.41. The van der Waals surface area contributed by atoms with Crippen LogP contribution in [0.4, 0.5) is 5.82 Å². The number of fused-ring (bicyclic) bond motifs is 3. The minimum Gasteiger partial charge on any atom is -0.467 e. The Bertz CT molecular complexity index is 1190. The number of carbonyl (C=O) groups is 2. The van der Waals surface area contributed by atoms with Crippen LogP contribution in [-0.2, 0) is 38.0 Å². The zero-order chi connectivity index (χ0) is 26.6. The van der Waals surface area contributed by atoms with Crippen molar-refractivity contribution >= 4 is 28.9 Å². The van der Waals surface area contributed by atoms with Gasteiger partial charge in [-0.25, -0.2) is 19.7 Å². The van der Waals surface area contributed by atoms with Gasteiger partial charge in [-0.15, -0.1) is 0 Å². The first kappa shape index (κ1) is 25.7. The van der Waals surface area contributed by atoms with Crippen molar-refractivity contribution in [2.75, 3.05) is 20.0 Å². The zero-order valence-corrected chi connectivity index (χ0v) is 20.6. The first-order chi connectivity index (χ1) is 17.6. The number of esters is 2. The Hall–Kier alpha value is -2.95. The van der Waals surface area contributed by atoms with Gasteiger partial charge in [-0.2, -0.15) is 0 Å². The van der Waals surface area contributed by atoms with Crippen LogP contribution in [-0.4, -0.2) is 104 Å². The highest BCUT2D eigenvalue weighted by Crippen LogP contribution is 2.47. The van der Waals surface area contributed by atoms with Gasteiger partial charge in [0.05, 0.1) is 25.5 Å². The highest BCUT2D eigenvalue weighted by molar-refractivity contribution is 5.81. The van der Waals surface area contributed by atoms with E-state index in [1.807, 2.05) is 0 Å². The lowest BCUT2D eigenvalue weighted by Crippen LogP contribution is -2.73. The van der Waals surface area contributed by atoms with Gasteiger partial charge in [0.2, 0.25) is 5.79 Å². The summed E-state index contributed by atoms with van der Waals surface area (Å²) in [6, 6.07) is 0. The molecule has 0 aromatic carbocycles. The van der Waals surface area contributed by atoms with Gasteiger partial charge in [-0.3, -0.25) is 9.36 Å². The second-order valence-electron chi connectivity index (χ2n) is 9.49. The highest BCUT2D eigenvalue weighted by atomic mass is 16.7. The molecule has 0 unspecified atom stereocenters. The predicted octanol–water partition coefficient (Wildman–Crippen LogP) is -1.33. The number of nitrogen functional groups attached to an aromatic ring is 1. The molecule has 3 aliphatic rings. The van der Waals surface area contributed by atoms with E-state index >= 15 is 0 Å². The van der Waals surface area contributed by atoms with Gasteiger partial charge in [0.15, 0.2) is 29.9 Å². The summed E-state index contributed by atoms with van der Waals surface area (Å²) < 4.78 is 35.6. The Labute approximate surface area is 210 Å². The molecule has 2 aromatic rings. The lowest BCUT2D eigenvalue weighted by Gasteiger charge is -2.52. The summed E-state index contributed by atoms with van der Waals surface area (Å²) in [5.41, 5.74) is 6.68. The van der Waals surface area contributed by atoms with E-state index in [0.29, 0.717) is 11.2 Å². The molecule has 2 aromatic heterocycles. The lowest BCUT2D eigenvalue weighted by molar-refractivity contribution is -0.397. The maximum atomic E-state index is 12.5. The Morgan fingerprint density at radius 2 is 2.00 bits per heavy atom. The van der Waals surface area contributed by atoms with Gasteiger partial charge in [-0.1, -0.05) is 13.8 Å². The molecule has 5 heterocycles. The van der Waals surface area contributed by atoms with E-state index < -0.39 is 72.6 Å². The maximum Gasteiger partial charge on any atom is 0.337 e. The van der Waals surface area contributed by atoms with Crippen molar-refractivity contribution in [2.45, 2.75) is 75.0 Å². The Kier molecular flexibility index (Phi) is 6.54. The van der Waals surface area contributed by atoms with Crippen LogP contribution < -0.4 is 5.73 Å². The van der Waals surface area contributed by atoms with Crippen molar-refractivity contribution in [3.05, 3.63) is 12.7 Å². The number of ether oxygens (including phenoxy) is 6. The third-order valence-corrected chi connectivity index (χ3v) is 6.94. The lowest BCUT2D eigenvalue weighted by atomic mass is 9.84. The van der Waals surface area contributed by atoms with Crippen LogP contribution in [0.15, 0.2) is 12.7 Å². The molecule has 3 fully saturated rings. The summed E-state index contributed by atoms with van der Waals surface area (Å²) in [5, 5.41) is 22.6. The Balaban J connectivity index is 1.50. The van der Waals surface area contributed by atoms with E-state index in [2.05, 4.69) is 15.0 Å². The fraction of sp³-hybridized carbons (Fsp3) is 0.682. The number of carbonyl (C=O) groups excluding carboxylic acids is 2. The van der Waals surface area contributed by atoms with Crippen LogP contribution in [0.25, 0.3) is 11.2 Å². The molecule has 0 aliphatic carbocycles. The molecule has 0 spiro atoms. The summed E-state index contributed by atoms with van der Waals surface area (Å²) in [4.78, 5) is 37.3. The quantitative estimate of drug-likeness (QED) is 0.389. The standard InChI is InChI=1S/C22H29N5O10/c1-8(2)20(29)36-16-12(28)14(21(30)33-4)35-10-5-9-13(37-22(10,16)31)15(32-3)19(34-9)27-7-26-11-17(23)24-6-25-18(11)27/h6-10,12-16,19,28,31H,5H2,1-4H3,(H2,23,24,25)/t9-,10-,12-,13+,14+,15-,16+,19-,22-/m1/s1. The molecule has 5 rings (SSSR count). The number of nitrogens with two attached hydrogens (primary N) is 1. The number of aliphatic hydroxyl groups is 2. The number of nitrogens with zero attached hydrogens (tertiary/aromatic N) is 4. The normalized spacial score (nSPS) is 37.3. The van der Waals surface area contributed by atoms with E-state index in [-0.39, 0.29) is 12.2 Å². The minimum absolute atomic E-state index is 0.0111. The van der Waals surface area contributed by atoms with E-state index in [9.17, 15) is 19.8 Å². The molecular formula is C22H29N5O10. The minimum atomic E-state index is -2.33. The van der Waals surface area contributed by atoms with Crippen molar-refractivity contribution in [1.29, 1.82) is 0 Å². The van der Waals surface area contributed by atoms with E-state index in [1.165, 1.54) is 19.8 Å². The van der Waals surface area contributed by atoms with Crippen LogP contribution >= 0.6 is 0 Å². The van der Waals surface area contributed by atoms with E-state index in [1.54, 1.807) is 18.4 Å². The fourth-order valence-electron chi connectivity index (χ4n) is 5.04. The Morgan fingerprint density at radius 1 is 1.24 bits per heavy atom. The molecule has 0 saturated carbocycles. The number of anilines is 1. The van der Waals surface area contributed by atoms with Gasteiger partial charge in [0.1, 0.15) is 36.3 Å². The molecule has 3 saturated heterocycles. The first-order valence-electron chi connectivity index (χ1n) is 11.7. The number of hydrogen-bond donors (Lipinski definition) is 3. The molecule has 15 nitrogen and oxygen atoms in total. The average molecular weight is 523 g/mol. The number of aromatic nitrogens is 4. The number of rotatable bonds is 5. The smallest absolute Gasteiger partial charge is 0.337 e. The van der Waals surface area contributed by atoms with Gasteiger partial charge in [0, 0.05) is 13.5 Å². The number of hydrogen-bond acceptors (Lipinski definition) is 14. The van der Waals surface area contributed by atoms with Crippen LogP contribution in [0.1, 0.15) is 26.5 Å². The molecule has 0 radical (unpaired) electrons. The summed E-state index contributed by atoms with van der Waals surface area (Å²) in [7, 11) is 2.57. The molecule has 3 aliphatic heterocycles. The van der Waals surface area contributed by atoms with E-state index in [4.69, 9.17) is 34.2 Å². The molecule has 15 heteroatoms. The second-order valence-corrected chi connectivity index (χ2v) is 9.49. The first-order valence-corrected chi connectivity index (χ1v) is 11.7. The molecular weight excluding hydrogens is 494 g/mol. The largest absolute Gasteiger partial charge is 0.467 e. The van der Waals surface area contributed by atoms with Gasteiger partial charge < -0.3 is 44.4 Å². The molecule has 4 N–H and O–H groups in total. The summed E-state index contributed by atoms with van der Waals surface area (Å²) in [6.45, 7) is 3.18. The fourth-order valence-corrected chi connectivity index (χ4v) is 5.04. The van der Waals surface area contributed by atoms with Crippen molar-refractivity contribution < 1.29 is 48.2 Å². The van der Waals surface area contributed by atoms with Crippen LogP contribution in [0.5, 0.6) is 0 Å². The van der Waals surface area contributed by atoms with Gasteiger partial charge in [-0.05, 0) is 0 Å². The molecule has 9 atom stereocenters. The van der Waals surface area contributed by atoms with Crippen LogP contribution in [0.2, 0.25) is 0 Å². The van der Waals surface area contributed by atoms with E-state index in [0.717, 1.165) is 7.11 Å². The maximum absolute atomic E-state index is 12.5. The number of imidazole rings is 1. The predicted molar refractivity (Wildman–Crippen MR) is 120 cm³/mol. The summed E-state index contributed by atoms with van der Waals surface area (Å²) in [6.07, 6.45) is -6.58. The number of methoxy groups -OCH3 is 2.